The molecule has 0 N–H and O–H groups in total. The Bertz CT molecular complexity index is 177. The lowest BCUT2D eigenvalue weighted by atomic mass is 10.1. The molecule has 82 valence electrons. The largest absolute Gasteiger partial charge is 0.466 e. The van der Waals surface area contributed by atoms with E-state index < -0.39 is 0 Å². The molecular weight excluding hydrogens is 176 g/mol. The predicted octanol–water partition coefficient (Wildman–Crippen LogP) is 3.47. The number of esters is 1. The van der Waals surface area contributed by atoms with E-state index in [4.69, 9.17) is 4.74 Å². The van der Waals surface area contributed by atoms with Gasteiger partial charge >= 0.3 is 5.97 Å². The van der Waals surface area contributed by atoms with Crippen molar-refractivity contribution in [2.75, 3.05) is 6.61 Å². The SMILES string of the molecule is CCC(=CCCCCOC(C)=O)CC. The number of ether oxygens (including phenoxy) is 1. The van der Waals surface area contributed by atoms with Crippen LogP contribution in [0.2, 0.25) is 0 Å². The van der Waals surface area contributed by atoms with Gasteiger partial charge in [-0.25, -0.2) is 0 Å². The third-order valence-electron chi connectivity index (χ3n) is 2.25. The fraction of sp³-hybridized carbons (Fsp3) is 0.750. The molecule has 0 aromatic carbocycles. The van der Waals surface area contributed by atoms with Crippen LogP contribution in [0.3, 0.4) is 0 Å². The molecule has 0 spiro atoms. The molecule has 0 aliphatic carbocycles. The van der Waals surface area contributed by atoms with Crippen LogP contribution in [0, 0.1) is 0 Å². The van der Waals surface area contributed by atoms with Gasteiger partial charge in [-0.3, -0.25) is 4.79 Å². The van der Waals surface area contributed by atoms with Gasteiger partial charge in [0.05, 0.1) is 6.61 Å². The Morgan fingerprint density at radius 2 is 1.86 bits per heavy atom. The van der Waals surface area contributed by atoms with Crippen LogP contribution >= 0.6 is 0 Å². The smallest absolute Gasteiger partial charge is 0.302 e. The van der Waals surface area contributed by atoms with E-state index in [1.807, 2.05) is 0 Å². The summed E-state index contributed by atoms with van der Waals surface area (Å²) in [5.41, 5.74) is 1.53. The van der Waals surface area contributed by atoms with Crippen molar-refractivity contribution in [1.29, 1.82) is 0 Å². The molecule has 0 atom stereocenters. The number of hydrogen-bond acceptors (Lipinski definition) is 2. The van der Waals surface area contributed by atoms with Crippen LogP contribution in [0.1, 0.15) is 52.9 Å². The third-order valence-corrected chi connectivity index (χ3v) is 2.25. The van der Waals surface area contributed by atoms with E-state index in [9.17, 15) is 4.79 Å². The lowest BCUT2D eigenvalue weighted by molar-refractivity contribution is -0.141. The molecule has 0 aromatic heterocycles. The van der Waals surface area contributed by atoms with Crippen molar-refractivity contribution in [3.05, 3.63) is 11.6 Å². The molecule has 0 saturated carbocycles. The van der Waals surface area contributed by atoms with Gasteiger partial charge in [-0.1, -0.05) is 25.5 Å². The Balaban J connectivity index is 3.36. The van der Waals surface area contributed by atoms with E-state index in [1.54, 1.807) is 0 Å². The van der Waals surface area contributed by atoms with E-state index in [2.05, 4.69) is 19.9 Å². The summed E-state index contributed by atoms with van der Waals surface area (Å²) >= 11 is 0. The average Bonchev–Trinajstić information content (AvgIpc) is 2.16. The number of carbonyl (C=O) groups excluding carboxylic acids is 1. The zero-order valence-electron chi connectivity index (χ0n) is 9.64. The Morgan fingerprint density at radius 3 is 2.36 bits per heavy atom. The fourth-order valence-corrected chi connectivity index (χ4v) is 1.31. The molecule has 0 bridgehead atoms. The van der Waals surface area contributed by atoms with Crippen molar-refractivity contribution >= 4 is 5.97 Å². The Hall–Kier alpha value is -0.790. The molecular formula is C12H22O2. The van der Waals surface area contributed by atoms with Crippen LogP contribution in [0.4, 0.5) is 0 Å². The molecule has 0 unspecified atom stereocenters. The number of hydrogen-bond donors (Lipinski definition) is 0. The normalized spacial score (nSPS) is 9.64. The van der Waals surface area contributed by atoms with E-state index in [0.29, 0.717) is 6.61 Å². The summed E-state index contributed by atoms with van der Waals surface area (Å²) in [6.07, 6.45) is 7.81. The molecule has 0 fully saturated rings. The second-order valence-electron chi connectivity index (χ2n) is 3.41. The van der Waals surface area contributed by atoms with Crippen LogP contribution < -0.4 is 0 Å². The fourth-order valence-electron chi connectivity index (χ4n) is 1.31. The van der Waals surface area contributed by atoms with Gasteiger partial charge in [-0.15, -0.1) is 0 Å². The van der Waals surface area contributed by atoms with E-state index in [0.717, 1.165) is 32.1 Å². The summed E-state index contributed by atoms with van der Waals surface area (Å²) in [5, 5.41) is 0. The predicted molar refractivity (Wildman–Crippen MR) is 59.1 cm³/mol. The van der Waals surface area contributed by atoms with E-state index in [-0.39, 0.29) is 5.97 Å². The monoisotopic (exact) mass is 198 g/mol. The van der Waals surface area contributed by atoms with Crippen LogP contribution in [-0.4, -0.2) is 12.6 Å². The van der Waals surface area contributed by atoms with Gasteiger partial charge in [-0.05, 0) is 32.1 Å². The molecule has 0 aliphatic heterocycles. The molecule has 0 radical (unpaired) electrons. The minimum Gasteiger partial charge on any atom is -0.466 e. The molecule has 0 rings (SSSR count). The summed E-state index contributed by atoms with van der Waals surface area (Å²) in [6.45, 7) is 6.39. The van der Waals surface area contributed by atoms with Crippen LogP contribution in [0.5, 0.6) is 0 Å². The number of unbranched alkanes of at least 4 members (excludes halogenated alkanes) is 2. The van der Waals surface area contributed by atoms with Crippen LogP contribution in [0.25, 0.3) is 0 Å². The maximum Gasteiger partial charge on any atom is 0.302 e. The summed E-state index contributed by atoms with van der Waals surface area (Å²) in [6, 6.07) is 0. The first-order valence-corrected chi connectivity index (χ1v) is 5.52. The van der Waals surface area contributed by atoms with Crippen molar-refractivity contribution in [2.45, 2.75) is 52.9 Å². The maximum atomic E-state index is 10.4. The first-order valence-electron chi connectivity index (χ1n) is 5.52. The van der Waals surface area contributed by atoms with Gasteiger partial charge < -0.3 is 4.74 Å². The Kier molecular flexibility index (Phi) is 8.30. The number of rotatable bonds is 7. The second kappa shape index (κ2) is 8.79. The third kappa shape index (κ3) is 7.84. The maximum absolute atomic E-state index is 10.4. The van der Waals surface area contributed by atoms with Gasteiger partial charge in [-0.2, -0.15) is 0 Å². The quantitative estimate of drug-likeness (QED) is 0.356. The highest BCUT2D eigenvalue weighted by molar-refractivity contribution is 5.65. The Morgan fingerprint density at radius 1 is 1.21 bits per heavy atom. The second-order valence-corrected chi connectivity index (χ2v) is 3.41. The standard InChI is InChI=1S/C12H22O2/c1-4-12(5-2)9-7-6-8-10-14-11(3)13/h9H,4-8,10H2,1-3H3. The molecule has 0 heterocycles. The van der Waals surface area contributed by atoms with E-state index in [1.165, 1.54) is 12.5 Å². The van der Waals surface area contributed by atoms with Gasteiger partial charge in [0.2, 0.25) is 0 Å². The highest BCUT2D eigenvalue weighted by atomic mass is 16.5. The lowest BCUT2D eigenvalue weighted by Crippen LogP contribution is -1.99. The summed E-state index contributed by atoms with van der Waals surface area (Å²) in [4.78, 5) is 10.4. The minimum atomic E-state index is -0.177. The molecule has 0 aliphatic rings. The molecule has 0 amide bonds. The lowest BCUT2D eigenvalue weighted by Gasteiger charge is -2.01. The molecule has 0 aromatic rings. The van der Waals surface area contributed by atoms with Gasteiger partial charge in [0.15, 0.2) is 0 Å². The van der Waals surface area contributed by atoms with Gasteiger partial charge in [0.25, 0.3) is 0 Å². The summed E-state index contributed by atoms with van der Waals surface area (Å²) < 4.78 is 4.84. The van der Waals surface area contributed by atoms with Gasteiger partial charge in [0, 0.05) is 6.92 Å². The summed E-state index contributed by atoms with van der Waals surface area (Å²) in [5.74, 6) is -0.177. The minimum absolute atomic E-state index is 0.177. The van der Waals surface area contributed by atoms with Crippen molar-refractivity contribution in [3.8, 4) is 0 Å². The van der Waals surface area contributed by atoms with Gasteiger partial charge in [0.1, 0.15) is 0 Å². The zero-order valence-corrected chi connectivity index (χ0v) is 9.64. The van der Waals surface area contributed by atoms with Crippen molar-refractivity contribution in [3.63, 3.8) is 0 Å². The van der Waals surface area contributed by atoms with Crippen LogP contribution in [-0.2, 0) is 9.53 Å². The van der Waals surface area contributed by atoms with Crippen molar-refractivity contribution in [2.24, 2.45) is 0 Å². The van der Waals surface area contributed by atoms with Crippen molar-refractivity contribution < 1.29 is 9.53 Å². The van der Waals surface area contributed by atoms with Crippen molar-refractivity contribution in [1.82, 2.24) is 0 Å². The molecule has 0 saturated heterocycles. The number of carbonyl (C=O) groups is 1. The Labute approximate surface area is 87.3 Å². The molecule has 2 heteroatoms. The highest BCUT2D eigenvalue weighted by Gasteiger charge is 1.93. The highest BCUT2D eigenvalue weighted by Crippen LogP contribution is 2.08. The zero-order chi connectivity index (χ0) is 10.8. The molecule has 2 nitrogen and oxygen atoms in total. The topological polar surface area (TPSA) is 26.3 Å². The summed E-state index contributed by atoms with van der Waals surface area (Å²) in [7, 11) is 0. The molecule has 14 heavy (non-hydrogen) atoms. The number of allylic oxidation sites excluding steroid dienone is 2. The van der Waals surface area contributed by atoms with Crippen LogP contribution in [0.15, 0.2) is 11.6 Å². The average molecular weight is 198 g/mol. The first-order chi connectivity index (χ1) is 6.70. The first kappa shape index (κ1) is 13.2. The van der Waals surface area contributed by atoms with E-state index >= 15 is 0 Å².